The number of aromatic nitrogens is 1. The molecule has 4 heteroatoms. The standard InChI is InChI=1S/C10H5BrN2S/c11-8-3-1-2-7(4-8)9-6-14-10(5-12)13-9/h1-4,6H. The highest BCUT2D eigenvalue weighted by Crippen LogP contribution is 2.24. The number of nitriles is 1. The molecule has 1 heterocycles. The molecule has 2 aromatic rings. The number of rotatable bonds is 1. The Hall–Kier alpha value is -1.18. The zero-order chi connectivity index (χ0) is 9.97. The normalized spacial score (nSPS) is 9.71. The lowest BCUT2D eigenvalue weighted by Crippen LogP contribution is -1.77. The smallest absolute Gasteiger partial charge is 0.194 e. The lowest BCUT2D eigenvalue weighted by atomic mass is 10.2. The first-order chi connectivity index (χ1) is 6.79. The molecule has 14 heavy (non-hydrogen) atoms. The molecule has 0 saturated heterocycles. The van der Waals surface area contributed by atoms with Crippen molar-refractivity contribution in [2.75, 3.05) is 0 Å². The van der Waals surface area contributed by atoms with Gasteiger partial charge in [0.2, 0.25) is 0 Å². The summed E-state index contributed by atoms with van der Waals surface area (Å²) in [4.78, 5) is 4.18. The van der Waals surface area contributed by atoms with Gasteiger partial charge in [-0.2, -0.15) is 5.26 Å². The third kappa shape index (κ3) is 1.84. The summed E-state index contributed by atoms with van der Waals surface area (Å²) in [5, 5.41) is 11.0. The number of halogens is 1. The summed E-state index contributed by atoms with van der Waals surface area (Å²) in [6.07, 6.45) is 0. The fraction of sp³-hybridized carbons (Fsp3) is 0. The molecule has 0 aliphatic rings. The summed E-state index contributed by atoms with van der Waals surface area (Å²) < 4.78 is 1.02. The molecule has 0 atom stereocenters. The van der Waals surface area contributed by atoms with E-state index in [1.54, 1.807) is 0 Å². The fourth-order valence-corrected chi connectivity index (χ4v) is 2.12. The van der Waals surface area contributed by atoms with E-state index in [1.807, 2.05) is 35.7 Å². The van der Waals surface area contributed by atoms with E-state index in [-0.39, 0.29) is 0 Å². The second-order valence-corrected chi connectivity index (χ2v) is 4.43. The topological polar surface area (TPSA) is 36.7 Å². The van der Waals surface area contributed by atoms with E-state index in [9.17, 15) is 0 Å². The van der Waals surface area contributed by atoms with E-state index in [0.29, 0.717) is 5.01 Å². The molecule has 0 saturated carbocycles. The first kappa shape index (κ1) is 9.38. The molecule has 0 spiro atoms. The summed E-state index contributed by atoms with van der Waals surface area (Å²) >= 11 is 4.76. The van der Waals surface area contributed by atoms with Crippen LogP contribution < -0.4 is 0 Å². The maximum Gasteiger partial charge on any atom is 0.194 e. The van der Waals surface area contributed by atoms with Crippen LogP contribution in [-0.4, -0.2) is 4.98 Å². The van der Waals surface area contributed by atoms with Gasteiger partial charge in [-0.05, 0) is 12.1 Å². The Morgan fingerprint density at radius 1 is 1.43 bits per heavy atom. The van der Waals surface area contributed by atoms with Crippen LogP contribution in [0, 0.1) is 11.3 Å². The van der Waals surface area contributed by atoms with Crippen LogP contribution in [-0.2, 0) is 0 Å². The van der Waals surface area contributed by atoms with Gasteiger partial charge in [0.25, 0.3) is 0 Å². The SMILES string of the molecule is N#Cc1nc(-c2cccc(Br)c2)cs1. The third-order valence-corrected chi connectivity index (χ3v) is 2.96. The molecule has 2 nitrogen and oxygen atoms in total. The van der Waals surface area contributed by atoms with Crippen molar-refractivity contribution >= 4 is 27.3 Å². The maximum absolute atomic E-state index is 8.64. The first-order valence-electron chi connectivity index (χ1n) is 3.91. The van der Waals surface area contributed by atoms with Crippen molar-refractivity contribution < 1.29 is 0 Å². The van der Waals surface area contributed by atoms with Crippen molar-refractivity contribution in [2.24, 2.45) is 0 Å². The van der Waals surface area contributed by atoms with Gasteiger partial charge in [0, 0.05) is 15.4 Å². The molecule has 2 rings (SSSR count). The van der Waals surface area contributed by atoms with Gasteiger partial charge in [-0.15, -0.1) is 11.3 Å². The number of thiazole rings is 1. The van der Waals surface area contributed by atoms with Crippen molar-refractivity contribution in [3.8, 4) is 17.3 Å². The zero-order valence-corrected chi connectivity index (χ0v) is 9.47. The Kier molecular flexibility index (Phi) is 2.62. The minimum Gasteiger partial charge on any atom is -0.226 e. The number of nitrogens with zero attached hydrogens (tertiary/aromatic N) is 2. The molecule has 68 valence electrons. The van der Waals surface area contributed by atoms with Crippen LogP contribution in [0.25, 0.3) is 11.3 Å². The van der Waals surface area contributed by atoms with Gasteiger partial charge in [0.05, 0.1) is 5.69 Å². The van der Waals surface area contributed by atoms with Gasteiger partial charge in [-0.3, -0.25) is 0 Å². The third-order valence-electron chi connectivity index (χ3n) is 1.72. The Balaban J connectivity index is 2.45. The molecule has 1 aromatic carbocycles. The van der Waals surface area contributed by atoms with Crippen molar-refractivity contribution in [3.63, 3.8) is 0 Å². The van der Waals surface area contributed by atoms with Gasteiger partial charge in [0.1, 0.15) is 6.07 Å². The van der Waals surface area contributed by atoms with Crippen LogP contribution in [0.2, 0.25) is 0 Å². The molecular weight excluding hydrogens is 260 g/mol. The zero-order valence-electron chi connectivity index (χ0n) is 7.07. The summed E-state index contributed by atoms with van der Waals surface area (Å²) in [6, 6.07) is 9.89. The highest BCUT2D eigenvalue weighted by Gasteiger charge is 2.03. The summed E-state index contributed by atoms with van der Waals surface area (Å²) in [6.45, 7) is 0. The Morgan fingerprint density at radius 2 is 2.29 bits per heavy atom. The molecule has 0 aliphatic heterocycles. The molecule has 0 unspecified atom stereocenters. The predicted octanol–water partition coefficient (Wildman–Crippen LogP) is 3.44. The molecule has 0 N–H and O–H groups in total. The van der Waals surface area contributed by atoms with Crippen LogP contribution >= 0.6 is 27.3 Å². The lowest BCUT2D eigenvalue weighted by molar-refractivity contribution is 1.35. The van der Waals surface area contributed by atoms with E-state index < -0.39 is 0 Å². The number of hydrogen-bond donors (Lipinski definition) is 0. The Labute approximate surface area is 94.0 Å². The largest absolute Gasteiger partial charge is 0.226 e. The Bertz CT molecular complexity index is 499. The van der Waals surface area contributed by atoms with Gasteiger partial charge in [-0.1, -0.05) is 28.1 Å². The number of hydrogen-bond acceptors (Lipinski definition) is 3. The van der Waals surface area contributed by atoms with Crippen LogP contribution in [0.15, 0.2) is 34.1 Å². The number of benzene rings is 1. The van der Waals surface area contributed by atoms with Crippen molar-refractivity contribution in [1.29, 1.82) is 5.26 Å². The quantitative estimate of drug-likeness (QED) is 0.791. The van der Waals surface area contributed by atoms with E-state index in [2.05, 4.69) is 20.9 Å². The fourth-order valence-electron chi connectivity index (χ4n) is 1.11. The molecule has 1 aromatic heterocycles. The van der Waals surface area contributed by atoms with Crippen molar-refractivity contribution in [3.05, 3.63) is 39.1 Å². The van der Waals surface area contributed by atoms with Crippen molar-refractivity contribution in [1.82, 2.24) is 4.98 Å². The van der Waals surface area contributed by atoms with Crippen LogP contribution in [0.5, 0.6) is 0 Å². The summed E-state index contributed by atoms with van der Waals surface area (Å²) in [5.41, 5.74) is 1.88. The molecule has 0 bridgehead atoms. The van der Waals surface area contributed by atoms with Gasteiger partial charge in [0.15, 0.2) is 5.01 Å². The molecule has 0 aliphatic carbocycles. The molecule has 0 radical (unpaired) electrons. The minimum atomic E-state index is 0.500. The maximum atomic E-state index is 8.64. The first-order valence-corrected chi connectivity index (χ1v) is 5.58. The van der Waals surface area contributed by atoms with E-state index >= 15 is 0 Å². The molecular formula is C10H5BrN2S. The summed E-state index contributed by atoms with van der Waals surface area (Å²) in [7, 11) is 0. The lowest BCUT2D eigenvalue weighted by Gasteiger charge is -1.95. The minimum absolute atomic E-state index is 0.500. The van der Waals surface area contributed by atoms with Gasteiger partial charge in [-0.25, -0.2) is 4.98 Å². The van der Waals surface area contributed by atoms with Gasteiger partial charge >= 0.3 is 0 Å². The van der Waals surface area contributed by atoms with Crippen molar-refractivity contribution in [2.45, 2.75) is 0 Å². The monoisotopic (exact) mass is 264 g/mol. The van der Waals surface area contributed by atoms with Crippen LogP contribution in [0.3, 0.4) is 0 Å². The summed E-state index contributed by atoms with van der Waals surface area (Å²) in [5.74, 6) is 0. The molecule has 0 amide bonds. The predicted molar refractivity (Wildman–Crippen MR) is 60.0 cm³/mol. The second-order valence-electron chi connectivity index (χ2n) is 2.66. The van der Waals surface area contributed by atoms with E-state index in [0.717, 1.165) is 15.7 Å². The highest BCUT2D eigenvalue weighted by atomic mass is 79.9. The average molecular weight is 265 g/mol. The van der Waals surface area contributed by atoms with E-state index in [4.69, 9.17) is 5.26 Å². The second kappa shape index (κ2) is 3.91. The molecule has 0 fully saturated rings. The van der Waals surface area contributed by atoms with Crippen LogP contribution in [0.1, 0.15) is 5.01 Å². The van der Waals surface area contributed by atoms with E-state index in [1.165, 1.54) is 11.3 Å². The van der Waals surface area contributed by atoms with Gasteiger partial charge < -0.3 is 0 Å². The van der Waals surface area contributed by atoms with Crippen LogP contribution in [0.4, 0.5) is 0 Å². The average Bonchev–Trinajstić information content (AvgIpc) is 2.66. The highest BCUT2D eigenvalue weighted by molar-refractivity contribution is 9.10. The Morgan fingerprint density at radius 3 is 2.93 bits per heavy atom.